The fourth-order valence-electron chi connectivity index (χ4n) is 3.08. The zero-order valence-corrected chi connectivity index (χ0v) is 15.8. The van der Waals surface area contributed by atoms with Crippen LogP contribution in [0.25, 0.3) is 11.0 Å². The zero-order valence-electron chi connectivity index (χ0n) is 15.0. The van der Waals surface area contributed by atoms with E-state index < -0.39 is 33.3 Å². The third-order valence-electron chi connectivity index (χ3n) is 4.52. The number of alkyl halides is 3. The topological polar surface area (TPSA) is 98.3 Å². The Morgan fingerprint density at radius 1 is 1.10 bits per heavy atom. The van der Waals surface area contributed by atoms with E-state index >= 15 is 0 Å². The number of carbonyl (C=O) groups excluding carboxylic acids is 1. The Kier molecular flexibility index (Phi) is 4.73. The number of sulfonamides is 1. The normalized spacial score (nSPS) is 16.3. The minimum atomic E-state index is -5.58. The smallest absolute Gasteiger partial charge is 0.461 e. The van der Waals surface area contributed by atoms with E-state index in [9.17, 15) is 26.4 Å². The molecule has 0 saturated heterocycles. The van der Waals surface area contributed by atoms with Crippen LogP contribution in [0.15, 0.2) is 71.6 Å². The number of para-hydroxylation sites is 1. The van der Waals surface area contributed by atoms with E-state index in [1.807, 2.05) is 0 Å². The Bertz CT molecular complexity index is 1230. The van der Waals surface area contributed by atoms with Crippen molar-refractivity contribution in [3.8, 4) is 0 Å². The molecule has 0 amide bonds. The third kappa shape index (κ3) is 3.28. The van der Waals surface area contributed by atoms with Gasteiger partial charge in [-0.3, -0.25) is 4.79 Å². The standard InChI is InChI=1S/C18H13F3N4O4S/c19-18(20,21)30(27,28)24-9-7-12(8-10-24)16(17(26)15-6-3-11-29-15)25-14-5-2-1-4-13(14)22-23-25/h1-12,16H. The van der Waals surface area contributed by atoms with Gasteiger partial charge in [0.2, 0.25) is 5.78 Å². The third-order valence-corrected chi connectivity index (χ3v) is 5.90. The highest BCUT2D eigenvalue weighted by atomic mass is 32.2. The number of fused-ring (bicyclic) bond motifs is 1. The van der Waals surface area contributed by atoms with Crippen molar-refractivity contribution >= 4 is 26.8 Å². The molecule has 0 bridgehead atoms. The second kappa shape index (κ2) is 7.13. The van der Waals surface area contributed by atoms with Crippen LogP contribution >= 0.6 is 0 Å². The minimum Gasteiger partial charge on any atom is -0.461 e. The molecule has 156 valence electrons. The van der Waals surface area contributed by atoms with Gasteiger partial charge in [-0.05, 0) is 24.3 Å². The molecule has 30 heavy (non-hydrogen) atoms. The monoisotopic (exact) mass is 438 g/mol. The molecular weight excluding hydrogens is 425 g/mol. The van der Waals surface area contributed by atoms with Crippen molar-refractivity contribution < 1.29 is 30.8 Å². The van der Waals surface area contributed by atoms with Crippen LogP contribution in [-0.4, -0.2) is 39.0 Å². The van der Waals surface area contributed by atoms with E-state index in [2.05, 4.69) is 10.3 Å². The highest BCUT2D eigenvalue weighted by molar-refractivity contribution is 7.90. The molecule has 3 aromatic rings. The van der Waals surface area contributed by atoms with Gasteiger partial charge in [-0.15, -0.1) is 5.10 Å². The lowest BCUT2D eigenvalue weighted by Gasteiger charge is -2.26. The summed E-state index contributed by atoms with van der Waals surface area (Å²) in [6, 6.07) is 8.75. The Balaban J connectivity index is 1.74. The fourth-order valence-corrected chi connectivity index (χ4v) is 3.78. The van der Waals surface area contributed by atoms with Crippen LogP contribution in [0.4, 0.5) is 13.2 Å². The first-order valence-electron chi connectivity index (χ1n) is 8.54. The number of nitrogens with zero attached hydrogens (tertiary/aromatic N) is 4. The van der Waals surface area contributed by atoms with Gasteiger partial charge < -0.3 is 4.42 Å². The molecule has 1 aromatic carbocycles. The molecule has 0 radical (unpaired) electrons. The van der Waals surface area contributed by atoms with Gasteiger partial charge in [0.05, 0.1) is 11.8 Å². The Morgan fingerprint density at radius 3 is 2.43 bits per heavy atom. The van der Waals surface area contributed by atoms with Crippen molar-refractivity contribution in [1.82, 2.24) is 19.3 Å². The molecule has 8 nitrogen and oxygen atoms in total. The van der Waals surface area contributed by atoms with Crippen LogP contribution in [0.3, 0.4) is 0 Å². The van der Waals surface area contributed by atoms with E-state index in [1.165, 1.54) is 35.2 Å². The lowest BCUT2D eigenvalue weighted by Crippen LogP contribution is -2.36. The van der Waals surface area contributed by atoms with E-state index in [0.717, 1.165) is 12.4 Å². The molecule has 0 fully saturated rings. The van der Waals surface area contributed by atoms with Gasteiger partial charge >= 0.3 is 15.5 Å². The fraction of sp³-hybridized carbons (Fsp3) is 0.167. The second-order valence-corrected chi connectivity index (χ2v) is 8.18. The summed E-state index contributed by atoms with van der Waals surface area (Å²) in [5.74, 6) is -1.29. The molecule has 4 rings (SSSR count). The average molecular weight is 438 g/mol. The summed E-state index contributed by atoms with van der Waals surface area (Å²) in [5, 5.41) is 8.04. The van der Waals surface area contributed by atoms with Crippen LogP contribution < -0.4 is 0 Å². The number of aromatic nitrogens is 3. The predicted molar refractivity (Wildman–Crippen MR) is 98.2 cm³/mol. The van der Waals surface area contributed by atoms with Gasteiger partial charge in [0, 0.05) is 18.3 Å². The number of hydrogen-bond acceptors (Lipinski definition) is 6. The maximum atomic E-state index is 13.1. The Labute approximate surface area is 167 Å². The summed E-state index contributed by atoms with van der Waals surface area (Å²) in [7, 11) is -5.58. The number of carbonyl (C=O) groups is 1. The number of Topliss-reactive ketones (excluding diaryl/α,β-unsaturated/α-hetero) is 1. The maximum absolute atomic E-state index is 13.1. The number of benzene rings is 1. The highest BCUT2D eigenvalue weighted by Gasteiger charge is 2.49. The molecule has 12 heteroatoms. The highest BCUT2D eigenvalue weighted by Crippen LogP contribution is 2.33. The summed E-state index contributed by atoms with van der Waals surface area (Å²) in [6.07, 6.45) is 5.20. The molecule has 0 N–H and O–H groups in total. The first-order valence-corrected chi connectivity index (χ1v) is 9.98. The first kappa shape index (κ1) is 19.9. The van der Waals surface area contributed by atoms with Crippen molar-refractivity contribution in [3.05, 3.63) is 73.0 Å². The number of hydrogen-bond donors (Lipinski definition) is 0. The largest absolute Gasteiger partial charge is 0.517 e. The van der Waals surface area contributed by atoms with Crippen LogP contribution in [0.5, 0.6) is 0 Å². The van der Waals surface area contributed by atoms with Gasteiger partial charge in [-0.1, -0.05) is 29.5 Å². The van der Waals surface area contributed by atoms with Crippen molar-refractivity contribution in [2.75, 3.05) is 0 Å². The van der Waals surface area contributed by atoms with Crippen molar-refractivity contribution in [1.29, 1.82) is 0 Å². The first-order chi connectivity index (χ1) is 14.2. The van der Waals surface area contributed by atoms with Gasteiger partial charge in [-0.2, -0.15) is 21.6 Å². The van der Waals surface area contributed by atoms with Crippen LogP contribution in [-0.2, 0) is 10.0 Å². The van der Waals surface area contributed by atoms with Crippen LogP contribution in [0, 0.1) is 5.92 Å². The molecule has 1 aliphatic heterocycles. The maximum Gasteiger partial charge on any atom is 0.517 e. The molecule has 0 saturated carbocycles. The summed E-state index contributed by atoms with van der Waals surface area (Å²) in [4.78, 5) is 13.1. The van der Waals surface area contributed by atoms with Crippen LogP contribution in [0.2, 0.25) is 0 Å². The summed E-state index contributed by atoms with van der Waals surface area (Å²) in [6.45, 7) is 0. The average Bonchev–Trinajstić information content (AvgIpc) is 3.38. The second-order valence-electron chi connectivity index (χ2n) is 6.35. The van der Waals surface area contributed by atoms with Crippen molar-refractivity contribution in [2.45, 2.75) is 11.6 Å². The number of ketones is 1. The molecule has 1 atom stereocenters. The van der Waals surface area contributed by atoms with Gasteiger partial charge in [0.25, 0.3) is 0 Å². The molecule has 0 spiro atoms. The lowest BCUT2D eigenvalue weighted by molar-refractivity contribution is -0.0468. The number of halogens is 3. The zero-order chi connectivity index (χ0) is 21.5. The number of furan rings is 1. The Hall–Kier alpha value is -3.41. The molecule has 0 aliphatic carbocycles. The Morgan fingerprint density at radius 2 is 1.80 bits per heavy atom. The summed E-state index contributed by atoms with van der Waals surface area (Å²) in [5.41, 5.74) is -4.42. The number of rotatable bonds is 5. The van der Waals surface area contributed by atoms with Crippen LogP contribution in [0.1, 0.15) is 16.6 Å². The molecule has 1 unspecified atom stereocenters. The lowest BCUT2D eigenvalue weighted by atomic mass is 9.93. The van der Waals surface area contributed by atoms with Gasteiger partial charge in [-0.25, -0.2) is 8.99 Å². The van der Waals surface area contributed by atoms with Crippen molar-refractivity contribution in [3.63, 3.8) is 0 Å². The molecule has 1 aliphatic rings. The van der Waals surface area contributed by atoms with Gasteiger partial charge in [0.15, 0.2) is 5.76 Å². The van der Waals surface area contributed by atoms with E-state index in [0.29, 0.717) is 11.0 Å². The molecular formula is C18H13F3N4O4S. The summed E-state index contributed by atoms with van der Waals surface area (Å²) >= 11 is 0. The SMILES string of the molecule is O=C(c1ccco1)C(C1C=CN(S(=O)(=O)C(F)(F)F)C=C1)n1nnc2ccccc21. The van der Waals surface area contributed by atoms with Crippen molar-refractivity contribution in [2.24, 2.45) is 5.92 Å². The summed E-state index contributed by atoms with van der Waals surface area (Å²) < 4.78 is 68.2. The quantitative estimate of drug-likeness (QED) is 0.567. The molecule has 2 aromatic heterocycles. The molecule has 3 heterocycles. The minimum absolute atomic E-state index is 0.0201. The predicted octanol–water partition coefficient (Wildman–Crippen LogP) is 3.26. The van der Waals surface area contributed by atoms with E-state index in [1.54, 1.807) is 24.3 Å². The van der Waals surface area contributed by atoms with E-state index in [4.69, 9.17) is 4.42 Å². The van der Waals surface area contributed by atoms with Gasteiger partial charge in [0.1, 0.15) is 11.6 Å². The van der Waals surface area contributed by atoms with E-state index in [-0.39, 0.29) is 10.1 Å². The number of allylic oxidation sites excluding steroid dienone is 2.